The first-order valence-corrected chi connectivity index (χ1v) is 7.44. The van der Waals surface area contributed by atoms with Crippen molar-refractivity contribution in [2.45, 2.75) is 24.7 Å². The van der Waals surface area contributed by atoms with Crippen molar-refractivity contribution >= 4 is 20.7 Å². The first-order chi connectivity index (χ1) is 8.07. The summed E-state index contributed by atoms with van der Waals surface area (Å²) in [6.45, 7) is -0.921. The minimum atomic E-state index is -4.86. The van der Waals surface area contributed by atoms with E-state index in [1.165, 1.54) is 0 Å². The van der Waals surface area contributed by atoms with E-state index in [1.807, 2.05) is 0 Å². The summed E-state index contributed by atoms with van der Waals surface area (Å²) in [6, 6.07) is -1.12. The molecule has 1 fully saturated rings. The van der Waals surface area contributed by atoms with Crippen LogP contribution in [0.3, 0.4) is 0 Å². The summed E-state index contributed by atoms with van der Waals surface area (Å²) >= 11 is 0. The van der Waals surface area contributed by atoms with E-state index in [9.17, 15) is 31.0 Å². The van der Waals surface area contributed by atoms with Crippen LogP contribution in [0.25, 0.3) is 0 Å². The molecule has 1 aliphatic rings. The van der Waals surface area contributed by atoms with E-state index in [0.29, 0.717) is 0 Å². The standard InChI is InChI=1S/C6H13NO9S2/c8-6-1-4(2-16-18(12,13)14)15-3-5(6)7-17(9,10)11/h4-8H,1-3H2,(H,9,10,11)(H,12,13,14)/p-2/t4?,5?,6-/m0/s1. The predicted molar refractivity (Wildman–Crippen MR) is 52.6 cm³/mol. The minimum Gasteiger partial charge on any atom is -0.735 e. The Morgan fingerprint density at radius 3 is 2.39 bits per heavy atom. The number of aliphatic hydroxyl groups excluding tert-OH is 1. The van der Waals surface area contributed by atoms with Crippen LogP contribution in [0.4, 0.5) is 0 Å². The normalized spacial score (nSPS) is 30.3. The van der Waals surface area contributed by atoms with Gasteiger partial charge in [0.15, 0.2) is 10.3 Å². The van der Waals surface area contributed by atoms with Gasteiger partial charge in [0.1, 0.15) is 0 Å². The molecule has 18 heavy (non-hydrogen) atoms. The maximum absolute atomic E-state index is 10.4. The Bertz CT molecular complexity index is 471. The predicted octanol–water partition coefficient (Wildman–Crippen LogP) is -2.97. The van der Waals surface area contributed by atoms with Crippen LogP contribution in [0.15, 0.2) is 0 Å². The summed E-state index contributed by atoms with van der Waals surface area (Å²) < 4.78 is 72.3. The molecule has 0 aromatic carbocycles. The Labute approximate surface area is 104 Å². The van der Waals surface area contributed by atoms with Crippen molar-refractivity contribution in [1.82, 2.24) is 4.72 Å². The summed E-state index contributed by atoms with van der Waals surface area (Å²) in [6.07, 6.45) is -2.30. The molecule has 12 heteroatoms. The van der Waals surface area contributed by atoms with E-state index >= 15 is 0 Å². The first-order valence-electron chi connectivity index (χ1n) is 4.70. The summed E-state index contributed by atoms with van der Waals surface area (Å²) in [5.74, 6) is 0. The lowest BCUT2D eigenvalue weighted by atomic mass is 10.0. The van der Waals surface area contributed by atoms with Gasteiger partial charge in [0, 0.05) is 6.42 Å². The number of hydrogen-bond acceptors (Lipinski definition) is 9. The quantitative estimate of drug-likeness (QED) is 0.398. The fourth-order valence-electron chi connectivity index (χ4n) is 1.43. The van der Waals surface area contributed by atoms with E-state index in [0.717, 1.165) is 0 Å². The summed E-state index contributed by atoms with van der Waals surface area (Å²) in [7, 11) is -9.58. The van der Waals surface area contributed by atoms with Gasteiger partial charge >= 0.3 is 0 Å². The van der Waals surface area contributed by atoms with Crippen molar-refractivity contribution in [1.29, 1.82) is 0 Å². The largest absolute Gasteiger partial charge is 0.735 e. The molecule has 0 amide bonds. The Kier molecular flexibility index (Phi) is 5.02. The van der Waals surface area contributed by atoms with Gasteiger partial charge in [-0.3, -0.25) is 4.18 Å². The molecule has 3 atom stereocenters. The van der Waals surface area contributed by atoms with E-state index in [2.05, 4.69) is 4.18 Å². The average Bonchev–Trinajstić information content (AvgIpc) is 2.15. The van der Waals surface area contributed by atoms with Gasteiger partial charge < -0.3 is 18.9 Å². The molecule has 1 saturated heterocycles. The van der Waals surface area contributed by atoms with Gasteiger partial charge in [0.25, 0.3) is 0 Å². The Morgan fingerprint density at radius 2 is 1.94 bits per heavy atom. The van der Waals surface area contributed by atoms with Gasteiger partial charge in [0.05, 0.1) is 31.5 Å². The molecule has 2 N–H and O–H groups in total. The molecule has 1 aliphatic heterocycles. The molecular weight excluding hydrogens is 294 g/mol. The third kappa shape index (κ3) is 6.01. The maximum Gasteiger partial charge on any atom is 0.217 e. The zero-order valence-corrected chi connectivity index (χ0v) is 10.5. The van der Waals surface area contributed by atoms with Crippen LogP contribution in [0.2, 0.25) is 0 Å². The van der Waals surface area contributed by atoms with Gasteiger partial charge in [-0.2, -0.15) is 0 Å². The number of rotatable bonds is 5. The fraction of sp³-hybridized carbons (Fsp3) is 1.00. The number of ether oxygens (including phenoxy) is 1. The molecule has 0 spiro atoms. The maximum atomic E-state index is 10.4. The third-order valence-electron chi connectivity index (χ3n) is 2.17. The molecule has 0 saturated carbocycles. The van der Waals surface area contributed by atoms with Crippen molar-refractivity contribution in [3.8, 4) is 0 Å². The lowest BCUT2D eigenvalue weighted by Gasteiger charge is -2.34. The van der Waals surface area contributed by atoms with Crippen LogP contribution >= 0.6 is 0 Å². The molecule has 2 unspecified atom stereocenters. The second kappa shape index (κ2) is 5.75. The van der Waals surface area contributed by atoms with Crippen LogP contribution in [-0.4, -0.2) is 62.5 Å². The zero-order valence-electron chi connectivity index (χ0n) is 8.88. The Balaban J connectivity index is 2.46. The highest BCUT2D eigenvalue weighted by atomic mass is 32.3. The van der Waals surface area contributed by atoms with Crippen LogP contribution in [0, 0.1) is 0 Å². The second-order valence-corrected chi connectivity index (χ2v) is 5.83. The van der Waals surface area contributed by atoms with Crippen LogP contribution in [0.5, 0.6) is 0 Å². The molecule has 0 radical (unpaired) electrons. The highest BCUT2D eigenvalue weighted by molar-refractivity contribution is 7.83. The van der Waals surface area contributed by atoms with E-state index < -0.39 is 45.6 Å². The molecule has 1 heterocycles. The molecule has 0 aromatic heterocycles. The number of hydrogen-bond donors (Lipinski definition) is 2. The highest BCUT2D eigenvalue weighted by Crippen LogP contribution is 2.15. The van der Waals surface area contributed by atoms with E-state index in [4.69, 9.17) is 4.74 Å². The highest BCUT2D eigenvalue weighted by Gasteiger charge is 2.31. The summed E-state index contributed by atoms with van der Waals surface area (Å²) in [5, 5.41) is 9.50. The van der Waals surface area contributed by atoms with E-state index in [1.54, 1.807) is 4.72 Å². The van der Waals surface area contributed by atoms with Gasteiger partial charge in [-0.1, -0.05) is 0 Å². The van der Waals surface area contributed by atoms with Gasteiger partial charge in [-0.05, 0) is 0 Å². The van der Waals surface area contributed by atoms with Crippen molar-refractivity contribution in [2.75, 3.05) is 13.2 Å². The zero-order chi connectivity index (χ0) is 14.0. The lowest BCUT2D eigenvalue weighted by Crippen LogP contribution is -2.52. The van der Waals surface area contributed by atoms with Crippen LogP contribution in [0.1, 0.15) is 6.42 Å². The number of nitrogens with one attached hydrogen (secondary N) is 1. The summed E-state index contributed by atoms with van der Waals surface area (Å²) in [5.41, 5.74) is 0. The number of aliphatic hydroxyl groups is 1. The van der Waals surface area contributed by atoms with Gasteiger partial charge in [-0.25, -0.2) is 21.6 Å². The summed E-state index contributed by atoms with van der Waals surface area (Å²) in [4.78, 5) is 0. The van der Waals surface area contributed by atoms with Crippen molar-refractivity contribution < 1.29 is 40.0 Å². The van der Waals surface area contributed by atoms with E-state index in [-0.39, 0.29) is 13.0 Å². The van der Waals surface area contributed by atoms with Crippen molar-refractivity contribution in [3.05, 3.63) is 0 Å². The lowest BCUT2D eigenvalue weighted by molar-refractivity contribution is -0.0759. The SMILES string of the molecule is O=S(=O)([O-])NC1COC(COS(=O)(=O)[O-])C[C@@H]1O. The third-order valence-corrected chi connectivity index (χ3v) is 3.19. The van der Waals surface area contributed by atoms with Gasteiger partial charge in [-0.15, -0.1) is 0 Å². The molecule has 0 bridgehead atoms. The second-order valence-electron chi connectivity index (χ2n) is 3.63. The fourth-order valence-corrected chi connectivity index (χ4v) is 2.34. The molecule has 10 nitrogen and oxygen atoms in total. The topological polar surface area (TPSA) is 165 Å². The van der Waals surface area contributed by atoms with Gasteiger partial charge in [0.2, 0.25) is 10.4 Å². The average molecular weight is 305 g/mol. The first kappa shape index (κ1) is 15.7. The Hall–Kier alpha value is -0.340. The molecule has 108 valence electrons. The molecular formula is C6H11NO9S2-2. The molecule has 0 aliphatic carbocycles. The minimum absolute atomic E-state index is 0.178. The smallest absolute Gasteiger partial charge is 0.217 e. The Morgan fingerprint density at radius 1 is 1.33 bits per heavy atom. The molecule has 1 rings (SSSR count). The molecule has 0 aromatic rings. The van der Waals surface area contributed by atoms with Crippen LogP contribution < -0.4 is 4.72 Å². The van der Waals surface area contributed by atoms with Crippen molar-refractivity contribution in [3.63, 3.8) is 0 Å². The van der Waals surface area contributed by atoms with Crippen LogP contribution in [-0.2, 0) is 29.6 Å². The van der Waals surface area contributed by atoms with Crippen molar-refractivity contribution in [2.24, 2.45) is 0 Å². The monoisotopic (exact) mass is 305 g/mol.